The molecule has 0 aromatic heterocycles. The van der Waals surface area contributed by atoms with Crippen LogP contribution in [0.4, 0.5) is 13.2 Å². The van der Waals surface area contributed by atoms with Crippen molar-refractivity contribution in [3.05, 3.63) is 35.6 Å². The maximum Gasteiger partial charge on any atom is 0.333 e. The van der Waals surface area contributed by atoms with Gasteiger partial charge in [0.2, 0.25) is 0 Å². The van der Waals surface area contributed by atoms with Crippen LogP contribution < -0.4 is 0 Å². The zero-order valence-corrected chi connectivity index (χ0v) is 8.85. The molecule has 0 fully saturated rings. The summed E-state index contributed by atoms with van der Waals surface area (Å²) in [7, 11) is 0. The van der Waals surface area contributed by atoms with Crippen molar-refractivity contribution in [3.63, 3.8) is 0 Å². The molecule has 0 heterocycles. The second-order valence-electron chi connectivity index (χ2n) is 3.08. The summed E-state index contributed by atoms with van der Waals surface area (Å²) in [5.41, 5.74) is -2.42. The summed E-state index contributed by atoms with van der Waals surface area (Å²) >= 11 is 2.08. The molecular weight excluding hydrogens is 261 g/mol. The van der Waals surface area contributed by atoms with Gasteiger partial charge >= 0.3 is 4.83 Å². The second kappa shape index (κ2) is 3.55. The molecule has 0 radical (unpaired) electrons. The van der Waals surface area contributed by atoms with Crippen molar-refractivity contribution in [2.24, 2.45) is 0 Å². The van der Waals surface area contributed by atoms with Gasteiger partial charge in [0.15, 0.2) is 5.60 Å². The van der Waals surface area contributed by atoms with E-state index in [1.54, 1.807) is 0 Å². The maximum atomic E-state index is 12.9. The Balaban J connectivity index is 3.10. The molecule has 0 aliphatic rings. The van der Waals surface area contributed by atoms with E-state index >= 15 is 0 Å². The molecule has 14 heavy (non-hydrogen) atoms. The summed E-state index contributed by atoms with van der Waals surface area (Å²) in [5.74, 6) is -0.539. The van der Waals surface area contributed by atoms with Crippen molar-refractivity contribution in [1.82, 2.24) is 0 Å². The van der Waals surface area contributed by atoms with Crippen molar-refractivity contribution in [2.75, 3.05) is 0 Å². The van der Waals surface area contributed by atoms with Gasteiger partial charge in [0.1, 0.15) is 5.82 Å². The number of rotatable bonds is 2. The molecule has 1 aromatic carbocycles. The molecule has 0 amide bonds. The molecule has 1 atom stereocenters. The Morgan fingerprint density at radius 1 is 1.21 bits per heavy atom. The first-order chi connectivity index (χ1) is 6.25. The molecule has 0 spiro atoms. The standard InChI is InChI=1S/C9H8BrF3O/c1-8(14,9(10,12)13)6-2-4-7(11)5-3-6/h2-5,14H,1H3. The minimum Gasteiger partial charge on any atom is -0.378 e. The highest BCUT2D eigenvalue weighted by Crippen LogP contribution is 2.41. The Hall–Kier alpha value is -0.550. The normalized spacial score (nSPS) is 16.4. The Bertz CT molecular complexity index is 316. The lowest BCUT2D eigenvalue weighted by molar-refractivity contribution is -0.109. The summed E-state index contributed by atoms with van der Waals surface area (Å²) in [6, 6.07) is 4.26. The van der Waals surface area contributed by atoms with Crippen LogP contribution in [0.15, 0.2) is 24.3 Å². The number of benzene rings is 1. The molecular formula is C9H8BrF3O. The highest BCUT2D eigenvalue weighted by atomic mass is 79.9. The number of aliphatic hydroxyl groups is 1. The molecule has 1 aromatic rings. The third-order valence-corrected chi connectivity index (χ3v) is 2.73. The van der Waals surface area contributed by atoms with E-state index in [0.717, 1.165) is 31.2 Å². The topological polar surface area (TPSA) is 20.2 Å². The largest absolute Gasteiger partial charge is 0.378 e. The van der Waals surface area contributed by atoms with Gasteiger partial charge in [0, 0.05) is 0 Å². The predicted molar refractivity (Wildman–Crippen MR) is 49.8 cm³/mol. The van der Waals surface area contributed by atoms with E-state index < -0.39 is 16.3 Å². The molecule has 0 bridgehead atoms. The van der Waals surface area contributed by atoms with Gasteiger partial charge in [-0.25, -0.2) is 4.39 Å². The van der Waals surface area contributed by atoms with E-state index in [9.17, 15) is 18.3 Å². The number of halogens is 4. The van der Waals surface area contributed by atoms with Crippen LogP contribution in [0.3, 0.4) is 0 Å². The number of alkyl halides is 3. The molecule has 0 aliphatic carbocycles. The van der Waals surface area contributed by atoms with Crippen LogP contribution in [0.1, 0.15) is 12.5 Å². The number of hydrogen-bond acceptors (Lipinski definition) is 1. The van der Waals surface area contributed by atoms with E-state index in [1.807, 2.05) is 0 Å². The Kier molecular flexibility index (Phi) is 2.92. The maximum absolute atomic E-state index is 12.9. The van der Waals surface area contributed by atoms with Crippen LogP contribution in [0, 0.1) is 5.82 Å². The van der Waals surface area contributed by atoms with Crippen molar-refractivity contribution in [3.8, 4) is 0 Å². The summed E-state index contributed by atoms with van der Waals surface area (Å²) in [6.45, 7) is 0.953. The summed E-state index contributed by atoms with van der Waals surface area (Å²) in [6.07, 6.45) is 0. The zero-order valence-electron chi connectivity index (χ0n) is 7.27. The molecule has 1 rings (SSSR count). The monoisotopic (exact) mass is 268 g/mol. The first-order valence-corrected chi connectivity index (χ1v) is 4.59. The minimum absolute atomic E-state index is 0.0548. The summed E-state index contributed by atoms with van der Waals surface area (Å²) < 4.78 is 38.2. The summed E-state index contributed by atoms with van der Waals surface area (Å²) in [5, 5.41) is 9.49. The number of hydrogen-bond donors (Lipinski definition) is 1. The smallest absolute Gasteiger partial charge is 0.333 e. The van der Waals surface area contributed by atoms with E-state index in [4.69, 9.17) is 0 Å². The quantitative estimate of drug-likeness (QED) is 0.818. The Labute approximate surface area is 87.7 Å². The average Bonchev–Trinajstić information content (AvgIpc) is 2.03. The minimum atomic E-state index is -3.46. The molecule has 1 N–H and O–H groups in total. The van der Waals surface area contributed by atoms with E-state index in [2.05, 4.69) is 15.9 Å². The van der Waals surface area contributed by atoms with Crippen LogP contribution in [-0.2, 0) is 5.60 Å². The third-order valence-electron chi connectivity index (χ3n) is 1.96. The van der Waals surface area contributed by atoms with Crippen LogP contribution in [0.2, 0.25) is 0 Å². The van der Waals surface area contributed by atoms with Crippen LogP contribution >= 0.6 is 15.9 Å². The fourth-order valence-electron chi connectivity index (χ4n) is 0.938. The molecule has 78 valence electrons. The Morgan fingerprint density at radius 3 is 2.00 bits per heavy atom. The highest BCUT2D eigenvalue weighted by molar-refractivity contribution is 9.10. The van der Waals surface area contributed by atoms with Crippen molar-refractivity contribution in [2.45, 2.75) is 17.4 Å². The predicted octanol–water partition coefficient (Wildman–Crippen LogP) is 3.02. The van der Waals surface area contributed by atoms with Gasteiger partial charge in [0.05, 0.1) is 0 Å². The van der Waals surface area contributed by atoms with E-state index in [-0.39, 0.29) is 5.56 Å². The van der Waals surface area contributed by atoms with Crippen LogP contribution in [0.5, 0.6) is 0 Å². The van der Waals surface area contributed by atoms with Gasteiger partial charge in [-0.1, -0.05) is 12.1 Å². The van der Waals surface area contributed by atoms with Gasteiger partial charge < -0.3 is 5.11 Å². The first-order valence-electron chi connectivity index (χ1n) is 3.80. The average molecular weight is 269 g/mol. The third kappa shape index (κ3) is 2.09. The van der Waals surface area contributed by atoms with Crippen molar-refractivity contribution < 1.29 is 18.3 Å². The van der Waals surface area contributed by atoms with Crippen molar-refractivity contribution in [1.29, 1.82) is 0 Å². The lowest BCUT2D eigenvalue weighted by Gasteiger charge is -2.28. The molecule has 0 saturated carbocycles. The molecule has 1 nitrogen and oxygen atoms in total. The van der Waals surface area contributed by atoms with Gasteiger partial charge in [-0.3, -0.25) is 0 Å². The first kappa shape index (κ1) is 11.5. The van der Waals surface area contributed by atoms with Gasteiger partial charge in [-0.2, -0.15) is 8.78 Å². The SMILES string of the molecule is CC(O)(c1ccc(F)cc1)C(F)(F)Br. The zero-order chi connectivity index (χ0) is 11.0. The fraction of sp³-hybridized carbons (Fsp3) is 0.333. The highest BCUT2D eigenvalue weighted by Gasteiger charge is 2.47. The van der Waals surface area contributed by atoms with Gasteiger partial charge in [-0.15, -0.1) is 0 Å². The van der Waals surface area contributed by atoms with E-state index in [0.29, 0.717) is 0 Å². The molecule has 0 aliphatic heterocycles. The van der Waals surface area contributed by atoms with Crippen LogP contribution in [-0.4, -0.2) is 9.94 Å². The second-order valence-corrected chi connectivity index (χ2v) is 4.07. The Morgan fingerprint density at radius 2 is 1.64 bits per heavy atom. The lowest BCUT2D eigenvalue weighted by Crippen LogP contribution is -2.37. The molecule has 0 saturated heterocycles. The fourth-order valence-corrected chi connectivity index (χ4v) is 1.17. The summed E-state index contributed by atoms with van der Waals surface area (Å²) in [4.78, 5) is -3.46. The van der Waals surface area contributed by atoms with Crippen molar-refractivity contribution >= 4 is 15.9 Å². The molecule has 5 heteroatoms. The van der Waals surface area contributed by atoms with E-state index in [1.165, 1.54) is 0 Å². The van der Waals surface area contributed by atoms with Crippen LogP contribution in [0.25, 0.3) is 0 Å². The van der Waals surface area contributed by atoms with Gasteiger partial charge in [0.25, 0.3) is 0 Å². The van der Waals surface area contributed by atoms with Gasteiger partial charge in [-0.05, 0) is 40.5 Å². The lowest BCUT2D eigenvalue weighted by atomic mass is 9.97. The molecule has 1 unspecified atom stereocenters.